The molecule has 1 nitrogen and oxygen atoms in total. The molecule has 3 rings (SSSR count). The summed E-state index contributed by atoms with van der Waals surface area (Å²) in [5.74, 6) is 0.126. The van der Waals surface area contributed by atoms with Gasteiger partial charge in [-0.05, 0) is 54.6 Å². The van der Waals surface area contributed by atoms with Gasteiger partial charge in [-0.3, -0.25) is 4.79 Å². The maximum atomic E-state index is 12.6. The van der Waals surface area contributed by atoms with Crippen molar-refractivity contribution < 1.29 is 4.79 Å². The van der Waals surface area contributed by atoms with E-state index in [0.29, 0.717) is 0 Å². The molecule has 2 heterocycles. The summed E-state index contributed by atoms with van der Waals surface area (Å²) in [6, 6.07) is 8.05. The molecule has 3 aromatic rings. The number of ketones is 1. The molecule has 0 unspecified atom stereocenters. The molecule has 0 aliphatic heterocycles. The summed E-state index contributed by atoms with van der Waals surface area (Å²) in [6.45, 7) is 3.99. The lowest BCUT2D eigenvalue weighted by molar-refractivity contribution is 0.104. The maximum absolute atomic E-state index is 12.6. The zero-order valence-electron chi connectivity index (χ0n) is 10.5. The monoisotopic (exact) mass is 350 g/mol. The second-order valence-corrected chi connectivity index (χ2v) is 7.39. The lowest BCUT2D eigenvalue weighted by atomic mass is 10.0. The van der Waals surface area contributed by atoms with Crippen molar-refractivity contribution in [1.29, 1.82) is 0 Å². The number of carbonyl (C=O) groups is 1. The third kappa shape index (κ3) is 2.29. The molecule has 0 radical (unpaired) electrons. The Hall–Kier alpha value is -0.970. The van der Waals surface area contributed by atoms with Gasteiger partial charge >= 0.3 is 0 Å². The van der Waals surface area contributed by atoms with Gasteiger partial charge in [0.05, 0.1) is 4.88 Å². The highest BCUT2D eigenvalue weighted by molar-refractivity contribution is 9.10. The predicted octanol–water partition coefficient (Wildman–Crippen LogP) is 5.57. The highest BCUT2D eigenvalue weighted by atomic mass is 79.9. The van der Waals surface area contributed by atoms with Gasteiger partial charge in [0.15, 0.2) is 0 Å². The van der Waals surface area contributed by atoms with E-state index in [2.05, 4.69) is 27.4 Å². The van der Waals surface area contributed by atoms with Crippen molar-refractivity contribution in [1.82, 2.24) is 0 Å². The molecule has 0 amide bonds. The van der Waals surface area contributed by atoms with Gasteiger partial charge in [-0.25, -0.2) is 0 Å². The van der Waals surface area contributed by atoms with Crippen LogP contribution in [0.2, 0.25) is 0 Å². The largest absolute Gasteiger partial charge is 0.288 e. The summed E-state index contributed by atoms with van der Waals surface area (Å²) in [6.07, 6.45) is 0. The molecule has 2 aromatic heterocycles. The van der Waals surface area contributed by atoms with E-state index in [4.69, 9.17) is 0 Å². The van der Waals surface area contributed by atoms with Gasteiger partial charge in [0.25, 0.3) is 0 Å². The fraction of sp³-hybridized carbons (Fsp3) is 0.133. The summed E-state index contributed by atoms with van der Waals surface area (Å²) in [5.41, 5.74) is 2.90. The second-order valence-electron chi connectivity index (χ2n) is 4.51. The Morgan fingerprint density at radius 1 is 1.11 bits per heavy atom. The van der Waals surface area contributed by atoms with Crippen LogP contribution in [0.25, 0.3) is 9.40 Å². The van der Waals surface area contributed by atoms with Crippen molar-refractivity contribution in [3.8, 4) is 0 Å². The summed E-state index contributed by atoms with van der Waals surface area (Å²) in [4.78, 5) is 13.4. The van der Waals surface area contributed by atoms with Crippen molar-refractivity contribution in [3.05, 3.63) is 55.7 Å². The van der Waals surface area contributed by atoms with Crippen molar-refractivity contribution >= 4 is 53.8 Å². The molecule has 4 heteroatoms. The predicted molar refractivity (Wildman–Crippen MR) is 86.8 cm³/mol. The van der Waals surface area contributed by atoms with Crippen LogP contribution in [0.3, 0.4) is 0 Å². The average Bonchev–Trinajstić information content (AvgIpc) is 2.93. The Morgan fingerprint density at radius 3 is 2.63 bits per heavy atom. The van der Waals surface area contributed by atoms with Crippen LogP contribution in [-0.2, 0) is 0 Å². The van der Waals surface area contributed by atoms with Crippen LogP contribution >= 0.6 is 38.6 Å². The van der Waals surface area contributed by atoms with Gasteiger partial charge in [-0.2, -0.15) is 0 Å². The van der Waals surface area contributed by atoms with E-state index in [9.17, 15) is 4.79 Å². The lowest BCUT2D eigenvalue weighted by Crippen LogP contribution is -2.02. The van der Waals surface area contributed by atoms with E-state index in [1.807, 2.05) is 32.0 Å². The van der Waals surface area contributed by atoms with Crippen LogP contribution in [0.5, 0.6) is 0 Å². The summed E-state index contributed by atoms with van der Waals surface area (Å²) in [7, 11) is 0. The standard InChI is InChI=1S/C15H11BrOS2/c1-8-6-11(16)9(2)5-10(8)15(17)14-7-13-12(19-14)3-4-18-13/h3-7H,1-2H3. The number of rotatable bonds is 2. The van der Waals surface area contributed by atoms with Crippen LogP contribution in [-0.4, -0.2) is 5.78 Å². The zero-order chi connectivity index (χ0) is 13.6. The van der Waals surface area contributed by atoms with E-state index in [0.717, 1.165) is 26.0 Å². The smallest absolute Gasteiger partial charge is 0.203 e. The van der Waals surface area contributed by atoms with E-state index >= 15 is 0 Å². The first-order chi connectivity index (χ1) is 9.06. The Bertz CT molecular complexity index is 754. The van der Waals surface area contributed by atoms with Gasteiger partial charge in [0.1, 0.15) is 0 Å². The maximum Gasteiger partial charge on any atom is 0.203 e. The van der Waals surface area contributed by atoms with Gasteiger partial charge in [0, 0.05) is 19.4 Å². The molecule has 0 saturated heterocycles. The number of hydrogen-bond acceptors (Lipinski definition) is 3. The van der Waals surface area contributed by atoms with Gasteiger partial charge in [-0.15, -0.1) is 22.7 Å². The fourth-order valence-electron chi connectivity index (χ4n) is 2.04. The van der Waals surface area contributed by atoms with Gasteiger partial charge in [-0.1, -0.05) is 15.9 Å². The van der Waals surface area contributed by atoms with E-state index in [1.165, 1.54) is 9.40 Å². The molecule has 96 valence electrons. The highest BCUT2D eigenvalue weighted by Gasteiger charge is 2.16. The average molecular weight is 351 g/mol. The zero-order valence-corrected chi connectivity index (χ0v) is 13.7. The molecule has 0 N–H and O–H groups in total. The molecule has 0 spiro atoms. The molecule has 0 aliphatic carbocycles. The summed E-state index contributed by atoms with van der Waals surface area (Å²) in [5, 5.41) is 2.06. The minimum atomic E-state index is 0.126. The Morgan fingerprint density at radius 2 is 1.89 bits per heavy atom. The number of benzene rings is 1. The van der Waals surface area contributed by atoms with Crippen molar-refractivity contribution in [3.63, 3.8) is 0 Å². The van der Waals surface area contributed by atoms with Crippen molar-refractivity contribution in [2.75, 3.05) is 0 Å². The summed E-state index contributed by atoms with van der Waals surface area (Å²) < 4.78 is 3.44. The Labute approximate surface area is 128 Å². The second kappa shape index (κ2) is 4.85. The Kier molecular flexibility index (Phi) is 3.33. The van der Waals surface area contributed by atoms with Crippen LogP contribution in [0.15, 0.2) is 34.1 Å². The molecular weight excluding hydrogens is 340 g/mol. The third-order valence-corrected chi connectivity index (χ3v) is 6.06. The highest BCUT2D eigenvalue weighted by Crippen LogP contribution is 2.32. The summed E-state index contributed by atoms with van der Waals surface area (Å²) >= 11 is 6.76. The molecule has 0 saturated carbocycles. The minimum Gasteiger partial charge on any atom is -0.288 e. The fourth-order valence-corrected chi connectivity index (χ4v) is 4.56. The number of halogens is 1. The topological polar surface area (TPSA) is 17.1 Å². The van der Waals surface area contributed by atoms with Crippen molar-refractivity contribution in [2.24, 2.45) is 0 Å². The molecule has 1 aromatic carbocycles. The number of fused-ring (bicyclic) bond motifs is 1. The van der Waals surface area contributed by atoms with Crippen LogP contribution < -0.4 is 0 Å². The first-order valence-corrected chi connectivity index (χ1v) is 8.33. The number of thiophene rings is 2. The van der Waals surface area contributed by atoms with Gasteiger partial charge in [0.2, 0.25) is 5.78 Å². The first-order valence-electron chi connectivity index (χ1n) is 5.85. The Balaban J connectivity index is 2.09. The molecule has 19 heavy (non-hydrogen) atoms. The van der Waals surface area contributed by atoms with Gasteiger partial charge < -0.3 is 0 Å². The molecule has 0 fully saturated rings. The van der Waals surface area contributed by atoms with Crippen LogP contribution in [0.4, 0.5) is 0 Å². The molecule has 0 atom stereocenters. The van der Waals surface area contributed by atoms with E-state index < -0.39 is 0 Å². The van der Waals surface area contributed by atoms with Crippen LogP contribution in [0, 0.1) is 13.8 Å². The van der Waals surface area contributed by atoms with E-state index in [-0.39, 0.29) is 5.78 Å². The van der Waals surface area contributed by atoms with E-state index in [1.54, 1.807) is 22.7 Å². The molecule has 0 bridgehead atoms. The SMILES string of the molecule is Cc1cc(C(=O)c2cc3sccc3s2)c(C)cc1Br. The molecular formula is C15H11BrOS2. The third-order valence-electron chi connectivity index (χ3n) is 3.11. The normalized spacial score (nSPS) is 11.1. The number of hydrogen-bond donors (Lipinski definition) is 0. The molecule has 0 aliphatic rings. The van der Waals surface area contributed by atoms with Crippen LogP contribution in [0.1, 0.15) is 26.4 Å². The number of carbonyl (C=O) groups excluding carboxylic acids is 1. The first kappa shape index (κ1) is 13.0. The quantitative estimate of drug-likeness (QED) is 0.552. The lowest BCUT2D eigenvalue weighted by Gasteiger charge is -2.06. The minimum absolute atomic E-state index is 0.126. The van der Waals surface area contributed by atoms with Crippen molar-refractivity contribution in [2.45, 2.75) is 13.8 Å². The number of aryl methyl sites for hydroxylation is 2.